The van der Waals surface area contributed by atoms with Crippen LogP contribution in [0.25, 0.3) is 0 Å². The largest absolute Gasteiger partial charge is 0.488 e. The van der Waals surface area contributed by atoms with Gasteiger partial charge in [-0.1, -0.05) is 44.0 Å². The Morgan fingerprint density at radius 2 is 2.00 bits per heavy atom. The second-order valence-corrected chi connectivity index (χ2v) is 6.61. The van der Waals surface area contributed by atoms with Crippen molar-refractivity contribution in [1.29, 1.82) is 0 Å². The summed E-state index contributed by atoms with van der Waals surface area (Å²) in [6.45, 7) is 0.463. The van der Waals surface area contributed by atoms with Gasteiger partial charge in [0, 0.05) is 14.5 Å². The Kier molecular flexibility index (Phi) is 6.35. The van der Waals surface area contributed by atoms with Gasteiger partial charge in [-0.2, -0.15) is 5.10 Å². The molecule has 0 fully saturated rings. The molecule has 0 saturated heterocycles. The summed E-state index contributed by atoms with van der Waals surface area (Å²) < 4.78 is 7.82. The SMILES string of the molecule is NC(=S)NN=Cc1cc(Br)ccc1OCc1cccc(Br)c1. The fraction of sp³-hybridized carbons (Fsp3) is 0.0667. The van der Waals surface area contributed by atoms with Crippen molar-refractivity contribution in [3.05, 3.63) is 62.5 Å². The Hall–Kier alpha value is -1.44. The van der Waals surface area contributed by atoms with Crippen LogP contribution in [0.1, 0.15) is 11.1 Å². The maximum Gasteiger partial charge on any atom is 0.184 e. The van der Waals surface area contributed by atoms with Gasteiger partial charge in [0.2, 0.25) is 0 Å². The second-order valence-electron chi connectivity index (χ2n) is 4.33. The van der Waals surface area contributed by atoms with Gasteiger partial charge in [0.05, 0.1) is 6.21 Å². The highest BCUT2D eigenvalue weighted by atomic mass is 79.9. The van der Waals surface area contributed by atoms with Gasteiger partial charge in [-0.15, -0.1) is 0 Å². The molecule has 0 aliphatic heterocycles. The van der Waals surface area contributed by atoms with Gasteiger partial charge in [-0.3, -0.25) is 5.43 Å². The molecule has 0 amide bonds. The molecule has 0 heterocycles. The number of nitrogens with two attached hydrogens (primary N) is 1. The number of thiocarbonyl (C=S) groups is 1. The second kappa shape index (κ2) is 8.26. The Balaban J connectivity index is 2.12. The van der Waals surface area contributed by atoms with Crippen LogP contribution in [0.2, 0.25) is 0 Å². The van der Waals surface area contributed by atoms with Crippen molar-refractivity contribution in [2.45, 2.75) is 6.61 Å². The van der Waals surface area contributed by atoms with Crippen molar-refractivity contribution >= 4 is 55.4 Å². The summed E-state index contributed by atoms with van der Waals surface area (Å²) in [7, 11) is 0. The molecule has 0 saturated carbocycles. The number of halogens is 2. The van der Waals surface area contributed by atoms with Crippen molar-refractivity contribution < 1.29 is 4.74 Å². The van der Waals surface area contributed by atoms with E-state index in [0.717, 1.165) is 25.8 Å². The Morgan fingerprint density at radius 3 is 2.73 bits per heavy atom. The first kappa shape index (κ1) is 16.9. The summed E-state index contributed by atoms with van der Waals surface area (Å²) in [6.07, 6.45) is 1.61. The van der Waals surface area contributed by atoms with E-state index in [1.807, 2.05) is 42.5 Å². The lowest BCUT2D eigenvalue weighted by molar-refractivity contribution is 0.305. The molecule has 2 rings (SSSR count). The number of hydrogen-bond donors (Lipinski definition) is 2. The smallest absolute Gasteiger partial charge is 0.184 e. The first-order valence-electron chi connectivity index (χ1n) is 6.30. The molecule has 0 spiro atoms. The third kappa shape index (κ3) is 5.40. The third-order valence-electron chi connectivity index (χ3n) is 2.63. The van der Waals surface area contributed by atoms with Crippen molar-refractivity contribution in [2.24, 2.45) is 10.8 Å². The number of rotatable bonds is 5. The molecule has 0 bridgehead atoms. The number of hydrazone groups is 1. The lowest BCUT2D eigenvalue weighted by atomic mass is 10.2. The molecule has 0 aromatic heterocycles. The molecule has 0 atom stereocenters. The van der Waals surface area contributed by atoms with Gasteiger partial charge >= 0.3 is 0 Å². The lowest BCUT2D eigenvalue weighted by Gasteiger charge is -2.10. The predicted molar refractivity (Wildman–Crippen MR) is 100 cm³/mol. The molecule has 0 aliphatic rings. The summed E-state index contributed by atoms with van der Waals surface area (Å²) in [4.78, 5) is 0. The maximum atomic E-state index is 5.87. The van der Waals surface area contributed by atoms with Crippen LogP contribution in [0.5, 0.6) is 5.75 Å². The van der Waals surface area contributed by atoms with Gasteiger partial charge in [-0.05, 0) is 48.1 Å². The topological polar surface area (TPSA) is 59.6 Å². The standard InChI is InChI=1S/C15H13Br2N3OS/c16-12-3-1-2-10(6-12)9-21-14-5-4-13(17)7-11(14)8-19-20-15(18)22/h1-8H,9H2,(H3,18,20,22). The van der Waals surface area contributed by atoms with Gasteiger partial charge < -0.3 is 10.5 Å². The Morgan fingerprint density at radius 1 is 1.23 bits per heavy atom. The molecule has 7 heteroatoms. The Bertz CT molecular complexity index is 707. The van der Waals surface area contributed by atoms with E-state index < -0.39 is 0 Å². The van der Waals surface area contributed by atoms with Gasteiger partial charge in [-0.25, -0.2) is 0 Å². The molecule has 2 aromatic carbocycles. The van der Waals surface area contributed by atoms with E-state index in [-0.39, 0.29) is 5.11 Å². The molecule has 2 aromatic rings. The summed E-state index contributed by atoms with van der Waals surface area (Å²) >= 11 is 11.6. The zero-order valence-electron chi connectivity index (χ0n) is 11.4. The molecular formula is C15H13Br2N3OS. The summed E-state index contributed by atoms with van der Waals surface area (Å²) in [5, 5.41) is 4.08. The highest BCUT2D eigenvalue weighted by Crippen LogP contribution is 2.23. The molecule has 0 radical (unpaired) electrons. The van der Waals surface area contributed by atoms with Crippen LogP contribution in [0, 0.1) is 0 Å². The molecule has 4 nitrogen and oxygen atoms in total. The van der Waals surface area contributed by atoms with Crippen LogP contribution in [-0.4, -0.2) is 11.3 Å². The van der Waals surface area contributed by atoms with E-state index in [9.17, 15) is 0 Å². The number of hydrogen-bond acceptors (Lipinski definition) is 3. The van der Waals surface area contributed by atoms with Crippen LogP contribution >= 0.6 is 44.1 Å². The van der Waals surface area contributed by atoms with Crippen LogP contribution in [-0.2, 0) is 6.61 Å². The van der Waals surface area contributed by atoms with Gasteiger partial charge in [0.25, 0.3) is 0 Å². The molecule has 114 valence electrons. The van der Waals surface area contributed by atoms with Gasteiger partial charge in [0.15, 0.2) is 5.11 Å². The zero-order chi connectivity index (χ0) is 15.9. The first-order chi connectivity index (χ1) is 10.5. The number of ether oxygens (including phenoxy) is 1. The fourth-order valence-electron chi connectivity index (χ4n) is 1.70. The maximum absolute atomic E-state index is 5.87. The fourth-order valence-corrected chi connectivity index (χ4v) is 2.58. The molecule has 3 N–H and O–H groups in total. The minimum absolute atomic E-state index is 0.114. The Labute approximate surface area is 151 Å². The van der Waals surface area contributed by atoms with E-state index in [1.54, 1.807) is 6.21 Å². The minimum Gasteiger partial charge on any atom is -0.488 e. The van der Waals surface area contributed by atoms with E-state index >= 15 is 0 Å². The van der Waals surface area contributed by atoms with Crippen LogP contribution in [0.4, 0.5) is 0 Å². The van der Waals surface area contributed by atoms with E-state index in [4.69, 9.17) is 22.7 Å². The van der Waals surface area contributed by atoms with E-state index in [2.05, 4.69) is 42.4 Å². The van der Waals surface area contributed by atoms with Crippen molar-refractivity contribution in [1.82, 2.24) is 5.43 Å². The van der Waals surface area contributed by atoms with Crippen molar-refractivity contribution in [3.63, 3.8) is 0 Å². The van der Waals surface area contributed by atoms with Gasteiger partial charge in [0.1, 0.15) is 12.4 Å². The first-order valence-corrected chi connectivity index (χ1v) is 8.29. The van der Waals surface area contributed by atoms with Crippen LogP contribution < -0.4 is 15.9 Å². The van der Waals surface area contributed by atoms with Crippen molar-refractivity contribution in [3.8, 4) is 5.75 Å². The highest BCUT2D eigenvalue weighted by Gasteiger charge is 2.04. The van der Waals surface area contributed by atoms with E-state index in [1.165, 1.54) is 0 Å². The van der Waals surface area contributed by atoms with Crippen LogP contribution in [0.15, 0.2) is 56.5 Å². The number of nitrogens with one attached hydrogen (secondary N) is 1. The number of benzene rings is 2. The average Bonchev–Trinajstić information content (AvgIpc) is 2.46. The average molecular weight is 443 g/mol. The third-order valence-corrected chi connectivity index (χ3v) is 3.71. The summed E-state index contributed by atoms with van der Waals surface area (Å²) in [5.74, 6) is 0.719. The quantitative estimate of drug-likeness (QED) is 0.418. The summed E-state index contributed by atoms with van der Waals surface area (Å²) in [5.41, 5.74) is 9.74. The predicted octanol–water partition coefficient (Wildman–Crippen LogP) is 3.96. The normalized spacial score (nSPS) is 10.6. The van der Waals surface area contributed by atoms with Crippen LogP contribution in [0.3, 0.4) is 0 Å². The minimum atomic E-state index is 0.114. The highest BCUT2D eigenvalue weighted by molar-refractivity contribution is 9.10. The monoisotopic (exact) mass is 441 g/mol. The molecular weight excluding hydrogens is 430 g/mol. The molecule has 22 heavy (non-hydrogen) atoms. The molecule has 0 unspecified atom stereocenters. The zero-order valence-corrected chi connectivity index (χ0v) is 15.4. The number of nitrogens with zero attached hydrogens (tertiary/aromatic N) is 1. The summed E-state index contributed by atoms with van der Waals surface area (Å²) in [6, 6.07) is 13.7. The van der Waals surface area contributed by atoms with E-state index in [0.29, 0.717) is 6.61 Å². The van der Waals surface area contributed by atoms with Crippen molar-refractivity contribution in [2.75, 3.05) is 0 Å². The molecule has 0 aliphatic carbocycles. The lowest BCUT2D eigenvalue weighted by Crippen LogP contribution is -2.24.